The zero-order valence-electron chi connectivity index (χ0n) is 25.9. The normalized spacial score (nSPS) is 28.0. The Kier molecular flexibility index (Phi) is 13.5. The van der Waals surface area contributed by atoms with E-state index in [0.717, 1.165) is 55.5 Å². The maximum Gasteiger partial charge on any atom is 0.322 e. The van der Waals surface area contributed by atoms with Crippen molar-refractivity contribution in [2.75, 3.05) is 19.8 Å². The second kappa shape index (κ2) is 14.2. The van der Waals surface area contributed by atoms with Gasteiger partial charge >= 0.3 is 25.7 Å². The summed E-state index contributed by atoms with van der Waals surface area (Å²) in [4.78, 5) is 0. The van der Waals surface area contributed by atoms with Gasteiger partial charge in [-0.3, -0.25) is 0 Å². The molecule has 9 heteroatoms. The maximum atomic E-state index is 7.29. The van der Waals surface area contributed by atoms with E-state index in [4.69, 9.17) is 26.6 Å². The summed E-state index contributed by atoms with van der Waals surface area (Å²) >= 11 is 0. The fourth-order valence-electron chi connectivity index (χ4n) is 4.75. The summed E-state index contributed by atoms with van der Waals surface area (Å²) in [6, 6.07) is 5.54. The van der Waals surface area contributed by atoms with Gasteiger partial charge in [0, 0.05) is 38.0 Å². The summed E-state index contributed by atoms with van der Waals surface area (Å²) in [5.74, 6) is 0. The molecule has 0 unspecified atom stereocenters. The van der Waals surface area contributed by atoms with Crippen molar-refractivity contribution >= 4 is 25.7 Å². The first-order valence-electron chi connectivity index (χ1n) is 14.4. The summed E-state index contributed by atoms with van der Waals surface area (Å²) in [5.41, 5.74) is -0.530. The van der Waals surface area contributed by atoms with Crippen LogP contribution in [0.3, 0.4) is 0 Å². The Balaban J connectivity index is 3.41. The Labute approximate surface area is 227 Å². The van der Waals surface area contributed by atoms with Crippen molar-refractivity contribution in [3.05, 3.63) is 0 Å². The third-order valence-electron chi connectivity index (χ3n) is 6.06. The Morgan fingerprint density at radius 1 is 0.417 bits per heavy atom. The third kappa shape index (κ3) is 13.0. The van der Waals surface area contributed by atoms with Crippen LogP contribution in [0.4, 0.5) is 0 Å². The predicted octanol–water partition coefficient (Wildman–Crippen LogP) is 8.05. The predicted molar refractivity (Wildman–Crippen MR) is 157 cm³/mol. The van der Waals surface area contributed by atoms with Gasteiger partial charge in [-0.1, -0.05) is 40.0 Å². The molecule has 0 bridgehead atoms. The lowest BCUT2D eigenvalue weighted by atomic mass is 10.2. The summed E-state index contributed by atoms with van der Waals surface area (Å²) in [5, 5.41) is 0. The summed E-state index contributed by atoms with van der Waals surface area (Å²) in [6.07, 6.45) is 3.14. The third-order valence-corrected chi connectivity index (χ3v) is 21.7. The molecule has 1 saturated heterocycles. The first-order chi connectivity index (χ1) is 16.4. The Morgan fingerprint density at radius 3 is 0.806 bits per heavy atom. The van der Waals surface area contributed by atoms with Gasteiger partial charge in [-0.05, 0) is 80.4 Å². The minimum Gasteiger partial charge on any atom is -0.415 e. The van der Waals surface area contributed by atoms with Crippen LogP contribution < -0.4 is 0 Å². The fourth-order valence-corrected chi connectivity index (χ4v) is 23.7. The molecule has 1 aliphatic rings. The monoisotopic (exact) mass is 564 g/mol. The highest BCUT2D eigenvalue weighted by molar-refractivity contribution is 6.94. The Morgan fingerprint density at radius 2 is 0.639 bits per heavy atom. The quantitative estimate of drug-likeness (QED) is 0.188. The van der Waals surface area contributed by atoms with Crippen molar-refractivity contribution in [2.45, 2.75) is 155 Å². The van der Waals surface area contributed by atoms with E-state index in [1.165, 1.54) is 0 Å². The number of hydrogen-bond donors (Lipinski definition) is 0. The smallest absolute Gasteiger partial charge is 0.322 e. The zero-order chi connectivity index (χ0) is 27.7. The van der Waals surface area contributed by atoms with Gasteiger partial charge < -0.3 is 26.6 Å². The molecule has 0 saturated carbocycles. The lowest BCUT2D eigenvalue weighted by Crippen LogP contribution is -2.71. The Bertz CT molecular complexity index is 533. The van der Waals surface area contributed by atoms with E-state index < -0.39 is 25.7 Å². The van der Waals surface area contributed by atoms with Gasteiger partial charge in [0.05, 0.1) is 16.8 Å². The molecule has 0 spiro atoms. The molecule has 0 aromatic heterocycles. The molecule has 216 valence electrons. The van der Waals surface area contributed by atoms with Crippen LogP contribution in [0, 0.1) is 0 Å². The molecule has 0 aliphatic carbocycles. The number of hydrogen-bond acceptors (Lipinski definition) is 6. The van der Waals surface area contributed by atoms with E-state index in [1.54, 1.807) is 0 Å². The fraction of sp³-hybridized carbons (Fsp3) is 1.00. The minimum atomic E-state index is -2.56. The van der Waals surface area contributed by atoms with Crippen molar-refractivity contribution in [1.29, 1.82) is 0 Å². The van der Waals surface area contributed by atoms with E-state index in [1.807, 2.05) is 0 Å². The van der Waals surface area contributed by atoms with Gasteiger partial charge in [0.2, 0.25) is 0 Å². The molecule has 1 rings (SSSR count). The molecule has 0 atom stereocenters. The molecule has 0 radical (unpaired) electrons. The van der Waals surface area contributed by atoms with Gasteiger partial charge in [-0.25, -0.2) is 0 Å². The average molecular weight is 565 g/mol. The van der Waals surface area contributed by atoms with Crippen LogP contribution >= 0.6 is 0 Å². The van der Waals surface area contributed by atoms with E-state index in [-0.39, 0.29) is 16.8 Å². The molecule has 6 nitrogen and oxygen atoms in total. The van der Waals surface area contributed by atoms with E-state index in [0.29, 0.717) is 19.8 Å². The van der Waals surface area contributed by atoms with Gasteiger partial charge in [-0.2, -0.15) is 0 Å². The highest BCUT2D eigenvalue weighted by Crippen LogP contribution is 2.43. The molecule has 1 heterocycles. The number of rotatable bonds is 15. The van der Waals surface area contributed by atoms with Gasteiger partial charge in [-0.15, -0.1) is 0 Å². The molecule has 1 aliphatic heterocycles. The highest BCUT2D eigenvalue weighted by Gasteiger charge is 2.61. The second-order valence-corrected chi connectivity index (χ2v) is 24.3. The first-order valence-corrected chi connectivity index (χ1v) is 21.1. The zero-order valence-corrected chi connectivity index (χ0v) is 28.9. The maximum absolute atomic E-state index is 7.29. The molecule has 0 aromatic rings. The summed E-state index contributed by atoms with van der Waals surface area (Å²) < 4.78 is 40.5. The van der Waals surface area contributed by atoms with Crippen LogP contribution in [-0.2, 0) is 26.6 Å². The van der Waals surface area contributed by atoms with Crippen LogP contribution in [0.15, 0.2) is 0 Å². The van der Waals surface area contributed by atoms with E-state index in [9.17, 15) is 0 Å². The second-order valence-electron chi connectivity index (χ2n) is 13.4. The van der Waals surface area contributed by atoms with Crippen LogP contribution in [0.5, 0.6) is 0 Å². The van der Waals surface area contributed by atoms with Gasteiger partial charge in [0.1, 0.15) is 0 Å². The molecular weight excluding hydrogens is 505 g/mol. The Hall–Kier alpha value is 0.411. The molecule has 0 aromatic carbocycles. The molecule has 0 amide bonds. The molecular formula is C27H60O6Si3. The standard InChI is InChI=1S/C27H60O6Si3/c1-13-19-34(22-16-28-25(4,5)6)31-35(20-14-2,23-17-29-26(7,8)9)33-36(32-34,21-15-3)24-18-30-27(10,11)12/h13-24H2,1-12H3. The van der Waals surface area contributed by atoms with Crippen LogP contribution in [0.25, 0.3) is 0 Å². The lowest BCUT2D eigenvalue weighted by Gasteiger charge is -2.54. The van der Waals surface area contributed by atoms with Crippen molar-refractivity contribution in [1.82, 2.24) is 0 Å². The van der Waals surface area contributed by atoms with E-state index >= 15 is 0 Å². The van der Waals surface area contributed by atoms with Crippen LogP contribution in [0.1, 0.15) is 102 Å². The molecule has 0 N–H and O–H groups in total. The van der Waals surface area contributed by atoms with E-state index in [2.05, 4.69) is 83.1 Å². The first kappa shape index (κ1) is 34.4. The molecule has 1 fully saturated rings. The van der Waals surface area contributed by atoms with Crippen molar-refractivity contribution in [3.8, 4) is 0 Å². The summed E-state index contributed by atoms with van der Waals surface area (Å²) in [7, 11) is -7.67. The van der Waals surface area contributed by atoms with Crippen molar-refractivity contribution in [2.24, 2.45) is 0 Å². The van der Waals surface area contributed by atoms with Crippen molar-refractivity contribution in [3.63, 3.8) is 0 Å². The minimum absolute atomic E-state index is 0.177. The topological polar surface area (TPSA) is 55.4 Å². The SMILES string of the molecule is CCC[Si]1(CCOC(C)(C)C)O[Si](CCC)(CCOC(C)(C)C)O[Si](CCC)(CCOC(C)(C)C)O1. The van der Waals surface area contributed by atoms with Crippen molar-refractivity contribution < 1.29 is 26.6 Å². The molecule has 36 heavy (non-hydrogen) atoms. The average Bonchev–Trinajstić information content (AvgIpc) is 2.65. The summed E-state index contributed by atoms with van der Waals surface area (Å²) in [6.45, 7) is 27.8. The lowest BCUT2D eigenvalue weighted by molar-refractivity contribution is -0.00154. The largest absolute Gasteiger partial charge is 0.415 e. The number of ether oxygens (including phenoxy) is 3. The highest BCUT2D eigenvalue weighted by atomic mass is 28.5. The van der Waals surface area contributed by atoms with Gasteiger partial charge in [0.25, 0.3) is 0 Å². The van der Waals surface area contributed by atoms with Gasteiger partial charge in [0.15, 0.2) is 0 Å². The van der Waals surface area contributed by atoms with Crippen LogP contribution in [0.2, 0.25) is 36.3 Å². The van der Waals surface area contributed by atoms with Crippen LogP contribution in [-0.4, -0.2) is 62.3 Å².